The van der Waals surface area contributed by atoms with Gasteiger partial charge in [-0.2, -0.15) is 0 Å². The third kappa shape index (κ3) is 5.33. The van der Waals surface area contributed by atoms with Crippen molar-refractivity contribution in [2.24, 2.45) is 0 Å². The Balaban J connectivity index is 2.71. The summed E-state index contributed by atoms with van der Waals surface area (Å²) in [5, 5.41) is 0. The van der Waals surface area contributed by atoms with Crippen molar-refractivity contribution in [2.75, 3.05) is 13.2 Å². The van der Waals surface area contributed by atoms with Crippen LogP contribution in [0.15, 0.2) is 24.3 Å². The highest BCUT2D eigenvalue weighted by Gasteiger charge is 2.18. The van der Waals surface area contributed by atoms with Gasteiger partial charge in [0.25, 0.3) is 0 Å². The first-order valence-corrected chi connectivity index (χ1v) is 7.30. The van der Waals surface area contributed by atoms with E-state index in [2.05, 4.69) is 45.0 Å². The summed E-state index contributed by atoms with van der Waals surface area (Å²) in [6, 6.07) is 8.68. The molecule has 2 nitrogen and oxygen atoms in total. The lowest BCUT2D eigenvalue weighted by Crippen LogP contribution is -2.20. The number of ether oxygens (including phenoxy) is 2. The lowest BCUT2D eigenvalue weighted by molar-refractivity contribution is -0.139. The molecule has 0 aliphatic heterocycles. The molecule has 0 amide bonds. The van der Waals surface area contributed by atoms with Crippen LogP contribution >= 0.6 is 0 Å². The third-order valence-electron chi connectivity index (χ3n) is 3.18. The normalized spacial score (nSPS) is 12.1. The molecule has 0 aromatic heterocycles. The number of hydrogen-bond donors (Lipinski definition) is 0. The maximum absolute atomic E-state index is 5.61. The highest BCUT2D eigenvalue weighted by Crippen LogP contribution is 2.26. The van der Waals surface area contributed by atoms with E-state index in [0.29, 0.717) is 13.2 Å². The fourth-order valence-electron chi connectivity index (χ4n) is 2.33. The highest BCUT2D eigenvalue weighted by molar-refractivity contribution is 5.32. The Bertz CT molecular complexity index is 360. The Labute approximate surface area is 118 Å². The number of aryl methyl sites for hydroxylation is 1. The Morgan fingerprint density at radius 3 is 2.11 bits per heavy atom. The van der Waals surface area contributed by atoms with Gasteiger partial charge in [-0.25, -0.2) is 0 Å². The van der Waals surface area contributed by atoms with Crippen LogP contribution in [0.1, 0.15) is 52.2 Å². The zero-order chi connectivity index (χ0) is 14.3. The van der Waals surface area contributed by atoms with E-state index < -0.39 is 0 Å². The van der Waals surface area contributed by atoms with Gasteiger partial charge in [0, 0.05) is 19.6 Å². The second-order valence-corrected chi connectivity index (χ2v) is 5.79. The minimum atomic E-state index is -0.0805. The van der Waals surface area contributed by atoms with Crippen LogP contribution in [0.25, 0.3) is 0 Å². The lowest BCUT2D eigenvalue weighted by atomic mass is 9.82. The molecule has 0 fully saturated rings. The van der Waals surface area contributed by atoms with Gasteiger partial charge in [0.05, 0.1) is 0 Å². The molecule has 1 aromatic carbocycles. The molecule has 19 heavy (non-hydrogen) atoms. The molecule has 0 N–H and O–H groups in total. The summed E-state index contributed by atoms with van der Waals surface area (Å²) in [5.41, 5.74) is 3.00. The molecule has 1 rings (SSSR count). The largest absolute Gasteiger partial charge is 0.353 e. The molecule has 0 aliphatic carbocycles. The lowest BCUT2D eigenvalue weighted by Gasteiger charge is -2.24. The van der Waals surface area contributed by atoms with Gasteiger partial charge in [-0.3, -0.25) is 0 Å². The average Bonchev–Trinajstić information content (AvgIpc) is 2.36. The molecule has 2 heteroatoms. The van der Waals surface area contributed by atoms with Crippen molar-refractivity contribution in [3.63, 3.8) is 0 Å². The molecule has 0 saturated heterocycles. The zero-order valence-electron chi connectivity index (χ0n) is 13.0. The van der Waals surface area contributed by atoms with E-state index in [1.54, 1.807) is 0 Å². The van der Waals surface area contributed by atoms with E-state index in [1.165, 1.54) is 11.1 Å². The quantitative estimate of drug-likeness (QED) is 0.683. The minimum Gasteiger partial charge on any atom is -0.353 e. The Kier molecular flexibility index (Phi) is 6.53. The molecule has 0 saturated carbocycles. The molecule has 0 unspecified atom stereocenters. The van der Waals surface area contributed by atoms with Gasteiger partial charge >= 0.3 is 0 Å². The minimum absolute atomic E-state index is 0.0805. The van der Waals surface area contributed by atoms with Crippen molar-refractivity contribution in [1.29, 1.82) is 0 Å². The molecule has 0 spiro atoms. The Hall–Kier alpha value is -0.860. The van der Waals surface area contributed by atoms with Crippen LogP contribution in [0.4, 0.5) is 0 Å². The first-order valence-electron chi connectivity index (χ1n) is 7.30. The van der Waals surface area contributed by atoms with Crippen LogP contribution < -0.4 is 0 Å². The van der Waals surface area contributed by atoms with Crippen LogP contribution in [0.3, 0.4) is 0 Å². The fraction of sp³-hybridized carbons (Fsp3) is 0.647. The zero-order valence-corrected chi connectivity index (χ0v) is 13.0. The molecule has 0 radical (unpaired) electrons. The van der Waals surface area contributed by atoms with Crippen LogP contribution in [0, 0.1) is 0 Å². The molecule has 108 valence electrons. The van der Waals surface area contributed by atoms with Crippen molar-refractivity contribution in [2.45, 2.75) is 59.2 Å². The van der Waals surface area contributed by atoms with Crippen molar-refractivity contribution < 1.29 is 9.47 Å². The van der Waals surface area contributed by atoms with Crippen molar-refractivity contribution >= 4 is 0 Å². The van der Waals surface area contributed by atoms with Crippen LogP contribution in [0.5, 0.6) is 0 Å². The van der Waals surface area contributed by atoms with Gasteiger partial charge < -0.3 is 9.47 Å². The maximum Gasteiger partial charge on any atom is 0.157 e. The average molecular weight is 264 g/mol. The van der Waals surface area contributed by atoms with E-state index in [-0.39, 0.29) is 11.7 Å². The summed E-state index contributed by atoms with van der Waals surface area (Å²) in [6.07, 6.45) is 1.83. The molecule has 0 atom stereocenters. The van der Waals surface area contributed by atoms with Gasteiger partial charge in [0.1, 0.15) is 0 Å². The Morgan fingerprint density at radius 2 is 1.58 bits per heavy atom. The van der Waals surface area contributed by atoms with E-state index in [1.807, 2.05) is 13.8 Å². The van der Waals surface area contributed by atoms with Crippen LogP contribution in [0.2, 0.25) is 0 Å². The highest BCUT2D eigenvalue weighted by atomic mass is 16.7. The van der Waals surface area contributed by atoms with Gasteiger partial charge in [-0.05, 0) is 36.8 Å². The molecule has 1 aromatic rings. The fourth-order valence-corrected chi connectivity index (χ4v) is 2.33. The predicted octanol–water partition coefficient (Wildman–Crippen LogP) is 4.32. The van der Waals surface area contributed by atoms with Gasteiger partial charge in [-0.1, -0.05) is 45.0 Å². The van der Waals surface area contributed by atoms with Crippen molar-refractivity contribution in [1.82, 2.24) is 0 Å². The first kappa shape index (κ1) is 16.2. The number of benzene rings is 1. The van der Waals surface area contributed by atoms with Crippen LogP contribution in [-0.2, 0) is 21.3 Å². The SMILES string of the molecule is CCOC(CCc1ccccc1C(C)(C)C)OCC. The third-order valence-corrected chi connectivity index (χ3v) is 3.18. The van der Waals surface area contributed by atoms with E-state index in [9.17, 15) is 0 Å². The summed E-state index contributed by atoms with van der Waals surface area (Å²) in [7, 11) is 0. The van der Waals surface area contributed by atoms with Crippen LogP contribution in [-0.4, -0.2) is 19.5 Å². The molecule has 0 bridgehead atoms. The number of hydrogen-bond acceptors (Lipinski definition) is 2. The summed E-state index contributed by atoms with van der Waals surface area (Å²) >= 11 is 0. The van der Waals surface area contributed by atoms with Gasteiger partial charge in [-0.15, -0.1) is 0 Å². The predicted molar refractivity (Wildman–Crippen MR) is 80.5 cm³/mol. The summed E-state index contributed by atoms with van der Waals surface area (Å²) in [5.74, 6) is 0. The summed E-state index contributed by atoms with van der Waals surface area (Å²) in [4.78, 5) is 0. The van der Waals surface area contributed by atoms with Crippen molar-refractivity contribution in [3.8, 4) is 0 Å². The smallest absolute Gasteiger partial charge is 0.157 e. The standard InChI is InChI=1S/C17H28O2/c1-6-18-16(19-7-2)13-12-14-10-8-9-11-15(14)17(3,4)5/h8-11,16H,6-7,12-13H2,1-5H3. The second kappa shape index (κ2) is 7.66. The molecule has 0 aliphatic rings. The van der Waals surface area contributed by atoms with Gasteiger partial charge in [0.15, 0.2) is 6.29 Å². The number of rotatable bonds is 7. The monoisotopic (exact) mass is 264 g/mol. The molecule has 0 heterocycles. The van der Waals surface area contributed by atoms with E-state index in [4.69, 9.17) is 9.47 Å². The Morgan fingerprint density at radius 1 is 1.00 bits per heavy atom. The topological polar surface area (TPSA) is 18.5 Å². The van der Waals surface area contributed by atoms with Gasteiger partial charge in [0.2, 0.25) is 0 Å². The molecular weight excluding hydrogens is 236 g/mol. The van der Waals surface area contributed by atoms with E-state index >= 15 is 0 Å². The molecular formula is C17H28O2. The summed E-state index contributed by atoms with van der Waals surface area (Å²) < 4.78 is 11.2. The maximum atomic E-state index is 5.61. The van der Waals surface area contributed by atoms with Crippen molar-refractivity contribution in [3.05, 3.63) is 35.4 Å². The second-order valence-electron chi connectivity index (χ2n) is 5.79. The van der Waals surface area contributed by atoms with E-state index in [0.717, 1.165) is 12.8 Å². The first-order chi connectivity index (χ1) is 8.99. The summed E-state index contributed by atoms with van der Waals surface area (Å²) in [6.45, 7) is 12.2.